The molecule has 0 bridgehead atoms. The standard InChI is InChI=1S/C9H14O5/c1-8(3-11-4-8)13-7(10)14-9(2)5-12-6-9/h3-6H2,1-2H3. The predicted octanol–water partition coefficient (Wildman–Crippen LogP) is 0.717. The summed E-state index contributed by atoms with van der Waals surface area (Å²) in [6, 6.07) is 0. The molecule has 0 aromatic heterocycles. The molecule has 0 aromatic rings. The Labute approximate surface area is 82.3 Å². The summed E-state index contributed by atoms with van der Waals surface area (Å²) in [5, 5.41) is 0. The highest BCUT2D eigenvalue weighted by Crippen LogP contribution is 2.25. The van der Waals surface area contributed by atoms with Gasteiger partial charge in [0.1, 0.15) is 0 Å². The Morgan fingerprint density at radius 3 is 1.57 bits per heavy atom. The molecule has 14 heavy (non-hydrogen) atoms. The normalized spacial score (nSPS) is 27.0. The first-order valence-electron chi connectivity index (χ1n) is 4.59. The second kappa shape index (κ2) is 3.10. The summed E-state index contributed by atoms with van der Waals surface area (Å²) in [5.74, 6) is 0. The predicted molar refractivity (Wildman–Crippen MR) is 46.0 cm³/mol. The van der Waals surface area contributed by atoms with E-state index in [4.69, 9.17) is 18.9 Å². The lowest BCUT2D eigenvalue weighted by Crippen LogP contribution is -2.54. The van der Waals surface area contributed by atoms with Crippen molar-refractivity contribution in [1.29, 1.82) is 0 Å². The monoisotopic (exact) mass is 202 g/mol. The van der Waals surface area contributed by atoms with Crippen LogP contribution in [-0.4, -0.2) is 43.8 Å². The van der Waals surface area contributed by atoms with Gasteiger partial charge in [-0.15, -0.1) is 0 Å². The van der Waals surface area contributed by atoms with Gasteiger partial charge in [0.2, 0.25) is 0 Å². The van der Waals surface area contributed by atoms with Gasteiger partial charge in [-0.1, -0.05) is 0 Å². The van der Waals surface area contributed by atoms with Gasteiger partial charge in [0, 0.05) is 0 Å². The third-order valence-electron chi connectivity index (χ3n) is 2.29. The Kier molecular flexibility index (Phi) is 2.16. The summed E-state index contributed by atoms with van der Waals surface area (Å²) in [7, 11) is 0. The van der Waals surface area contributed by atoms with E-state index < -0.39 is 17.4 Å². The van der Waals surface area contributed by atoms with E-state index >= 15 is 0 Å². The van der Waals surface area contributed by atoms with Crippen LogP contribution in [0.25, 0.3) is 0 Å². The van der Waals surface area contributed by atoms with Crippen molar-refractivity contribution < 1.29 is 23.7 Å². The summed E-state index contributed by atoms with van der Waals surface area (Å²) in [6.07, 6.45) is -0.637. The van der Waals surface area contributed by atoms with Crippen molar-refractivity contribution in [2.24, 2.45) is 0 Å². The second-order valence-corrected chi connectivity index (χ2v) is 4.34. The molecular weight excluding hydrogens is 188 g/mol. The lowest BCUT2D eigenvalue weighted by Gasteiger charge is -2.40. The SMILES string of the molecule is CC1(OC(=O)OC2(C)COC2)COC1. The largest absolute Gasteiger partial charge is 0.509 e. The van der Waals surface area contributed by atoms with Crippen LogP contribution in [0, 0.1) is 0 Å². The molecule has 2 aliphatic heterocycles. The van der Waals surface area contributed by atoms with E-state index in [0.717, 1.165) is 0 Å². The Balaban J connectivity index is 1.78. The molecule has 2 fully saturated rings. The molecule has 2 heterocycles. The van der Waals surface area contributed by atoms with Crippen LogP contribution in [0.5, 0.6) is 0 Å². The van der Waals surface area contributed by atoms with Crippen molar-refractivity contribution in [3.05, 3.63) is 0 Å². The van der Waals surface area contributed by atoms with Crippen molar-refractivity contribution in [1.82, 2.24) is 0 Å². The fourth-order valence-electron chi connectivity index (χ4n) is 1.32. The molecule has 0 aliphatic carbocycles. The molecule has 2 saturated heterocycles. The van der Waals surface area contributed by atoms with Crippen molar-refractivity contribution in [2.75, 3.05) is 26.4 Å². The molecule has 80 valence electrons. The van der Waals surface area contributed by atoms with Gasteiger partial charge in [-0.3, -0.25) is 0 Å². The summed E-state index contributed by atoms with van der Waals surface area (Å²) >= 11 is 0. The van der Waals surface area contributed by atoms with E-state index in [0.29, 0.717) is 26.4 Å². The number of rotatable bonds is 2. The quantitative estimate of drug-likeness (QED) is 0.617. The van der Waals surface area contributed by atoms with E-state index in [1.54, 1.807) is 0 Å². The van der Waals surface area contributed by atoms with Crippen LogP contribution >= 0.6 is 0 Å². The molecule has 5 heteroatoms. The van der Waals surface area contributed by atoms with Crippen LogP contribution in [0.3, 0.4) is 0 Å². The van der Waals surface area contributed by atoms with E-state index in [1.807, 2.05) is 13.8 Å². The van der Waals surface area contributed by atoms with Gasteiger partial charge >= 0.3 is 6.16 Å². The van der Waals surface area contributed by atoms with E-state index in [9.17, 15) is 4.79 Å². The minimum absolute atomic E-state index is 0.440. The first-order valence-corrected chi connectivity index (χ1v) is 4.59. The number of ether oxygens (including phenoxy) is 4. The van der Waals surface area contributed by atoms with Gasteiger partial charge in [-0.2, -0.15) is 0 Å². The van der Waals surface area contributed by atoms with Crippen LogP contribution in [-0.2, 0) is 18.9 Å². The van der Waals surface area contributed by atoms with Crippen molar-refractivity contribution in [3.8, 4) is 0 Å². The third kappa shape index (κ3) is 1.83. The number of hydrogen-bond acceptors (Lipinski definition) is 5. The molecule has 0 aromatic carbocycles. The smallest absolute Gasteiger partial charge is 0.423 e. The molecule has 0 saturated carbocycles. The van der Waals surface area contributed by atoms with Crippen LogP contribution in [0.2, 0.25) is 0 Å². The van der Waals surface area contributed by atoms with Gasteiger partial charge < -0.3 is 18.9 Å². The maximum Gasteiger partial charge on any atom is 0.509 e. The van der Waals surface area contributed by atoms with Crippen LogP contribution in [0.15, 0.2) is 0 Å². The second-order valence-electron chi connectivity index (χ2n) is 4.34. The first-order chi connectivity index (χ1) is 6.52. The van der Waals surface area contributed by atoms with E-state index in [1.165, 1.54) is 0 Å². The molecular formula is C9H14O5. The minimum atomic E-state index is -0.637. The number of hydrogen-bond donors (Lipinski definition) is 0. The van der Waals surface area contributed by atoms with Crippen molar-refractivity contribution in [3.63, 3.8) is 0 Å². The molecule has 0 amide bonds. The Morgan fingerprint density at radius 2 is 1.36 bits per heavy atom. The number of carbonyl (C=O) groups excluding carboxylic acids is 1. The topological polar surface area (TPSA) is 54.0 Å². The Hall–Kier alpha value is -0.810. The van der Waals surface area contributed by atoms with Gasteiger partial charge in [0.25, 0.3) is 0 Å². The molecule has 0 N–H and O–H groups in total. The lowest BCUT2D eigenvalue weighted by atomic mass is 10.1. The molecule has 0 spiro atoms. The first kappa shape index (κ1) is 9.73. The summed E-state index contributed by atoms with van der Waals surface area (Å²) in [5.41, 5.74) is -1.00. The van der Waals surface area contributed by atoms with E-state index in [-0.39, 0.29) is 0 Å². The zero-order chi connectivity index (χ0) is 10.2. The van der Waals surface area contributed by atoms with Gasteiger partial charge in [0.15, 0.2) is 11.2 Å². The highest BCUT2D eigenvalue weighted by Gasteiger charge is 2.42. The molecule has 5 nitrogen and oxygen atoms in total. The van der Waals surface area contributed by atoms with Gasteiger partial charge in [-0.25, -0.2) is 4.79 Å². The van der Waals surface area contributed by atoms with Gasteiger partial charge in [0.05, 0.1) is 26.4 Å². The van der Waals surface area contributed by atoms with Crippen molar-refractivity contribution >= 4 is 6.16 Å². The van der Waals surface area contributed by atoms with Crippen LogP contribution in [0.4, 0.5) is 4.79 Å². The fraction of sp³-hybridized carbons (Fsp3) is 0.889. The maximum absolute atomic E-state index is 11.3. The van der Waals surface area contributed by atoms with E-state index in [2.05, 4.69) is 0 Å². The highest BCUT2D eigenvalue weighted by molar-refractivity contribution is 5.61. The summed E-state index contributed by atoms with van der Waals surface area (Å²) in [6.45, 7) is 5.39. The highest BCUT2D eigenvalue weighted by atomic mass is 16.8. The average molecular weight is 202 g/mol. The minimum Gasteiger partial charge on any atom is -0.423 e. The molecule has 0 unspecified atom stereocenters. The molecule has 2 rings (SSSR count). The fourth-order valence-corrected chi connectivity index (χ4v) is 1.32. The zero-order valence-electron chi connectivity index (χ0n) is 8.37. The third-order valence-corrected chi connectivity index (χ3v) is 2.29. The zero-order valence-corrected chi connectivity index (χ0v) is 8.37. The van der Waals surface area contributed by atoms with Crippen molar-refractivity contribution in [2.45, 2.75) is 25.0 Å². The van der Waals surface area contributed by atoms with Gasteiger partial charge in [-0.05, 0) is 13.8 Å². The van der Waals surface area contributed by atoms with Crippen LogP contribution < -0.4 is 0 Å². The Morgan fingerprint density at radius 1 is 1.00 bits per heavy atom. The Bertz CT molecular complexity index is 218. The molecule has 0 atom stereocenters. The average Bonchev–Trinajstić information content (AvgIpc) is 1.98. The summed E-state index contributed by atoms with van der Waals surface area (Å²) in [4.78, 5) is 11.3. The molecule has 0 radical (unpaired) electrons. The number of carbonyl (C=O) groups is 1. The van der Waals surface area contributed by atoms with Crippen LogP contribution in [0.1, 0.15) is 13.8 Å². The summed E-state index contributed by atoms with van der Waals surface area (Å²) < 4.78 is 20.1. The molecule has 2 aliphatic rings. The lowest BCUT2D eigenvalue weighted by molar-refractivity contribution is -0.214. The maximum atomic E-state index is 11.3.